The van der Waals surface area contributed by atoms with Crippen LogP contribution in [0, 0.1) is 0 Å². The number of nitrogens with zero attached hydrogens (tertiary/aromatic N) is 3. The molecule has 1 atom stereocenters. The summed E-state index contributed by atoms with van der Waals surface area (Å²) in [6.07, 6.45) is -2.95. The molecule has 3 aromatic rings. The fraction of sp³-hybridized carbons (Fsp3) is 0.267. The molecule has 1 aromatic carbocycles. The van der Waals surface area contributed by atoms with Gasteiger partial charge >= 0.3 is 6.18 Å². The molecule has 6 nitrogen and oxygen atoms in total. The van der Waals surface area contributed by atoms with E-state index in [9.17, 15) is 18.0 Å². The van der Waals surface area contributed by atoms with Crippen molar-refractivity contribution in [1.29, 1.82) is 0 Å². The molecule has 2 heterocycles. The lowest BCUT2D eigenvalue weighted by Gasteiger charge is -2.14. The maximum atomic E-state index is 12.1. The summed E-state index contributed by atoms with van der Waals surface area (Å²) in [4.78, 5) is 16.2. The summed E-state index contributed by atoms with van der Waals surface area (Å²) in [7, 11) is 0. The van der Waals surface area contributed by atoms with E-state index in [1.807, 2.05) is 6.92 Å². The van der Waals surface area contributed by atoms with Gasteiger partial charge in [-0.2, -0.15) is 17.7 Å². The van der Waals surface area contributed by atoms with Gasteiger partial charge in [-0.1, -0.05) is 23.5 Å². The molecular formula is C15H13F3N4O2S. The molecule has 0 bridgehead atoms. The minimum atomic E-state index is -4.37. The predicted octanol–water partition coefficient (Wildman–Crippen LogP) is 3.27. The Kier molecular flexibility index (Phi) is 4.62. The lowest BCUT2D eigenvalue weighted by Crippen LogP contribution is -2.19. The first kappa shape index (κ1) is 17.2. The summed E-state index contributed by atoms with van der Waals surface area (Å²) < 4.78 is 42.3. The predicted molar refractivity (Wildman–Crippen MR) is 87.2 cm³/mol. The molecule has 132 valence electrons. The van der Waals surface area contributed by atoms with Crippen molar-refractivity contribution in [2.24, 2.45) is 0 Å². The van der Waals surface area contributed by atoms with Gasteiger partial charge in [-0.3, -0.25) is 4.79 Å². The van der Waals surface area contributed by atoms with Crippen molar-refractivity contribution in [3.8, 4) is 5.75 Å². The summed E-state index contributed by atoms with van der Waals surface area (Å²) in [6, 6.07) is 7.43. The molecule has 0 aliphatic heterocycles. The number of anilines is 1. The normalized spacial score (nSPS) is 13.0. The third-order valence-corrected chi connectivity index (χ3v) is 4.15. The molecule has 0 amide bonds. The van der Waals surface area contributed by atoms with Gasteiger partial charge in [0.2, 0.25) is 10.1 Å². The summed E-state index contributed by atoms with van der Waals surface area (Å²) in [5.74, 6) is 0.143. The molecule has 1 N–H and O–H groups in total. The molecule has 0 saturated heterocycles. The monoisotopic (exact) mass is 370 g/mol. The largest absolute Gasteiger partial charge is 0.484 e. The number of nitrogens with one attached hydrogen (secondary N) is 1. The Hall–Kier alpha value is -2.62. The van der Waals surface area contributed by atoms with Gasteiger partial charge in [-0.25, -0.2) is 4.98 Å². The highest BCUT2D eigenvalue weighted by Crippen LogP contribution is 2.25. The number of aromatic nitrogens is 3. The number of hydrogen-bond donors (Lipinski definition) is 1. The Bertz CT molecular complexity index is 921. The summed E-state index contributed by atoms with van der Waals surface area (Å²) in [5, 5.41) is 7.80. The lowest BCUT2D eigenvalue weighted by molar-refractivity contribution is -0.153. The van der Waals surface area contributed by atoms with Crippen molar-refractivity contribution in [2.45, 2.75) is 19.1 Å². The van der Waals surface area contributed by atoms with E-state index >= 15 is 0 Å². The topological polar surface area (TPSA) is 68.5 Å². The highest BCUT2D eigenvalue weighted by molar-refractivity contribution is 7.20. The Morgan fingerprint density at radius 3 is 2.64 bits per heavy atom. The van der Waals surface area contributed by atoms with Gasteiger partial charge in [0.05, 0.1) is 6.04 Å². The number of alkyl halides is 3. The van der Waals surface area contributed by atoms with Crippen molar-refractivity contribution in [2.75, 3.05) is 11.9 Å². The van der Waals surface area contributed by atoms with E-state index in [0.717, 1.165) is 5.56 Å². The molecule has 0 saturated carbocycles. The van der Waals surface area contributed by atoms with Gasteiger partial charge in [0.1, 0.15) is 5.75 Å². The van der Waals surface area contributed by atoms with E-state index in [2.05, 4.69) is 20.1 Å². The fourth-order valence-corrected chi connectivity index (χ4v) is 2.95. The average molecular weight is 370 g/mol. The second-order valence-electron chi connectivity index (χ2n) is 5.22. The molecule has 2 aromatic heterocycles. The fourth-order valence-electron chi connectivity index (χ4n) is 2.09. The van der Waals surface area contributed by atoms with Crippen LogP contribution >= 0.6 is 11.3 Å². The number of hydrogen-bond acceptors (Lipinski definition) is 6. The maximum Gasteiger partial charge on any atom is 0.422 e. The van der Waals surface area contributed by atoms with Gasteiger partial charge in [0.25, 0.3) is 5.56 Å². The molecule has 10 heteroatoms. The van der Waals surface area contributed by atoms with Crippen molar-refractivity contribution >= 4 is 21.4 Å². The molecule has 0 radical (unpaired) electrons. The smallest absolute Gasteiger partial charge is 0.422 e. The second-order valence-corrected chi connectivity index (χ2v) is 6.18. The van der Waals surface area contributed by atoms with Crippen LogP contribution in [0.4, 0.5) is 18.3 Å². The highest BCUT2D eigenvalue weighted by atomic mass is 32.1. The van der Waals surface area contributed by atoms with Crippen LogP contribution < -0.4 is 15.6 Å². The van der Waals surface area contributed by atoms with E-state index < -0.39 is 12.8 Å². The zero-order valence-corrected chi connectivity index (χ0v) is 13.8. The molecule has 0 aliphatic rings. The molecule has 1 unspecified atom stereocenters. The van der Waals surface area contributed by atoms with Crippen LogP contribution in [-0.2, 0) is 0 Å². The molecule has 0 fully saturated rings. The number of benzene rings is 1. The molecule has 25 heavy (non-hydrogen) atoms. The van der Waals surface area contributed by atoms with Crippen LogP contribution in [0.3, 0.4) is 0 Å². The van der Waals surface area contributed by atoms with Crippen LogP contribution in [0.2, 0.25) is 0 Å². The summed E-state index contributed by atoms with van der Waals surface area (Å²) in [6.45, 7) is 0.543. The number of ether oxygens (including phenoxy) is 1. The van der Waals surface area contributed by atoms with Crippen molar-refractivity contribution in [3.05, 3.63) is 52.4 Å². The van der Waals surface area contributed by atoms with Gasteiger partial charge in [-0.05, 0) is 24.6 Å². The minimum Gasteiger partial charge on any atom is -0.484 e. The SMILES string of the molecule is CC(Nc1nn2c(=O)ccnc2s1)c1ccc(OCC(F)(F)F)cc1. The van der Waals surface area contributed by atoms with Crippen LogP contribution in [0.25, 0.3) is 4.96 Å². The molecule has 0 spiro atoms. The molecular weight excluding hydrogens is 357 g/mol. The summed E-state index contributed by atoms with van der Waals surface area (Å²) >= 11 is 1.23. The third kappa shape index (κ3) is 4.27. The van der Waals surface area contributed by atoms with Crippen molar-refractivity contribution in [1.82, 2.24) is 14.6 Å². The Labute approximate surface area is 143 Å². The van der Waals surface area contributed by atoms with Crippen LogP contribution in [0.1, 0.15) is 18.5 Å². The number of rotatable bonds is 5. The Morgan fingerprint density at radius 2 is 2.00 bits per heavy atom. The van der Waals surface area contributed by atoms with E-state index in [1.54, 1.807) is 12.1 Å². The van der Waals surface area contributed by atoms with Gasteiger partial charge in [-0.15, -0.1) is 5.10 Å². The number of fused-ring (bicyclic) bond motifs is 1. The van der Waals surface area contributed by atoms with Crippen LogP contribution in [0.5, 0.6) is 5.75 Å². The Balaban J connectivity index is 1.69. The van der Waals surface area contributed by atoms with Crippen LogP contribution in [0.15, 0.2) is 41.3 Å². The first-order chi connectivity index (χ1) is 11.8. The van der Waals surface area contributed by atoms with Gasteiger partial charge in [0.15, 0.2) is 6.61 Å². The van der Waals surface area contributed by atoms with Crippen molar-refractivity contribution in [3.63, 3.8) is 0 Å². The second kappa shape index (κ2) is 6.71. The quantitative estimate of drug-likeness (QED) is 0.747. The first-order valence-corrected chi connectivity index (χ1v) is 8.04. The zero-order chi connectivity index (χ0) is 18.0. The van der Waals surface area contributed by atoms with Gasteiger partial charge < -0.3 is 10.1 Å². The maximum absolute atomic E-state index is 12.1. The van der Waals surface area contributed by atoms with E-state index in [4.69, 9.17) is 0 Å². The lowest BCUT2D eigenvalue weighted by atomic mass is 10.1. The summed E-state index contributed by atoms with van der Waals surface area (Å²) in [5.41, 5.74) is 0.562. The standard InChI is InChI=1S/C15H13F3N4O2S/c1-9(10-2-4-11(5-3-10)24-8-15(16,17)18)20-13-21-22-12(23)6-7-19-14(22)25-13/h2-7,9H,8H2,1H3,(H,20,21). The first-order valence-electron chi connectivity index (χ1n) is 7.23. The molecule has 3 rings (SSSR count). The van der Waals surface area contributed by atoms with E-state index in [1.165, 1.54) is 40.2 Å². The third-order valence-electron chi connectivity index (χ3n) is 3.29. The van der Waals surface area contributed by atoms with Crippen molar-refractivity contribution < 1.29 is 17.9 Å². The van der Waals surface area contributed by atoms with Gasteiger partial charge in [0, 0.05) is 12.3 Å². The minimum absolute atomic E-state index is 0.143. The average Bonchev–Trinajstić information content (AvgIpc) is 2.96. The zero-order valence-electron chi connectivity index (χ0n) is 12.9. The van der Waals surface area contributed by atoms with Crippen LogP contribution in [-0.4, -0.2) is 27.4 Å². The number of halogens is 3. The Morgan fingerprint density at radius 1 is 1.28 bits per heavy atom. The van der Waals surface area contributed by atoms with E-state index in [0.29, 0.717) is 10.1 Å². The van der Waals surface area contributed by atoms with E-state index in [-0.39, 0.29) is 17.4 Å². The highest BCUT2D eigenvalue weighted by Gasteiger charge is 2.28. The molecule has 0 aliphatic carbocycles.